The van der Waals surface area contributed by atoms with Crippen LogP contribution in [0.4, 0.5) is 10.5 Å². The zero-order valence-corrected chi connectivity index (χ0v) is 18.8. The fraction of sp³-hybridized carbons (Fsp3) is 0.115. The van der Waals surface area contributed by atoms with Crippen LogP contribution in [0.3, 0.4) is 0 Å². The highest BCUT2D eigenvalue weighted by Gasteiger charge is 2.37. The van der Waals surface area contributed by atoms with E-state index in [1.807, 2.05) is 25.1 Å². The lowest BCUT2D eigenvalue weighted by Gasteiger charge is -2.27. The normalized spacial score (nSPS) is 15.1. The number of carbonyl (C=O) groups excluding carboxylic acids is 3. The van der Waals surface area contributed by atoms with Crippen LogP contribution in [-0.4, -0.2) is 17.8 Å². The molecule has 1 aliphatic rings. The maximum Gasteiger partial charge on any atom is 0.335 e. The minimum Gasteiger partial charge on any atom is -0.489 e. The predicted molar refractivity (Wildman–Crippen MR) is 127 cm³/mol. The standard InChI is InChI=1S/C26H21ClN2O4/c1-16-4-3-5-19(12-16)15-33-21-10-7-18(8-11-21)13-22-24(30)28-26(32)29(25(22)31)23-14-20(27)9-6-17(23)2/h3-14H,15H2,1-2H3,(H,28,30,32)/b22-13+. The third kappa shape index (κ3) is 4.96. The second-order valence-electron chi connectivity index (χ2n) is 7.74. The monoisotopic (exact) mass is 460 g/mol. The van der Waals surface area contributed by atoms with Gasteiger partial charge in [-0.1, -0.05) is 59.6 Å². The van der Waals surface area contributed by atoms with Crippen molar-refractivity contribution in [2.45, 2.75) is 20.5 Å². The molecule has 1 heterocycles. The number of anilines is 1. The summed E-state index contributed by atoms with van der Waals surface area (Å²) >= 11 is 6.05. The van der Waals surface area contributed by atoms with Crippen LogP contribution < -0.4 is 15.0 Å². The Kier molecular flexibility index (Phi) is 6.29. The Morgan fingerprint density at radius 1 is 0.970 bits per heavy atom. The number of halogens is 1. The second kappa shape index (κ2) is 9.30. The van der Waals surface area contributed by atoms with Crippen LogP contribution in [0.5, 0.6) is 5.75 Å². The first-order valence-corrected chi connectivity index (χ1v) is 10.7. The number of carbonyl (C=O) groups is 3. The van der Waals surface area contributed by atoms with Crippen molar-refractivity contribution in [1.82, 2.24) is 5.32 Å². The van der Waals surface area contributed by atoms with Gasteiger partial charge < -0.3 is 4.74 Å². The zero-order chi connectivity index (χ0) is 23.5. The Balaban J connectivity index is 1.54. The Labute approximate surface area is 196 Å². The SMILES string of the molecule is Cc1cccc(COc2ccc(/C=C3\C(=O)NC(=O)N(c4cc(Cl)ccc4C)C3=O)cc2)c1. The molecule has 0 unspecified atom stereocenters. The van der Waals surface area contributed by atoms with E-state index in [1.165, 1.54) is 12.1 Å². The summed E-state index contributed by atoms with van der Waals surface area (Å²) in [6.45, 7) is 4.21. The molecule has 0 aliphatic carbocycles. The molecule has 33 heavy (non-hydrogen) atoms. The second-order valence-corrected chi connectivity index (χ2v) is 8.17. The first-order valence-electron chi connectivity index (χ1n) is 10.3. The molecule has 0 bridgehead atoms. The molecule has 0 aromatic heterocycles. The van der Waals surface area contributed by atoms with Crippen LogP contribution >= 0.6 is 11.6 Å². The summed E-state index contributed by atoms with van der Waals surface area (Å²) in [5, 5.41) is 2.60. The molecule has 0 atom stereocenters. The summed E-state index contributed by atoms with van der Waals surface area (Å²) in [5.41, 5.74) is 3.69. The summed E-state index contributed by atoms with van der Waals surface area (Å²) < 4.78 is 5.82. The number of urea groups is 1. The third-order valence-electron chi connectivity index (χ3n) is 5.19. The van der Waals surface area contributed by atoms with E-state index in [1.54, 1.807) is 43.3 Å². The van der Waals surface area contributed by atoms with E-state index in [9.17, 15) is 14.4 Å². The number of rotatable bonds is 5. The Bertz CT molecular complexity index is 1280. The van der Waals surface area contributed by atoms with Gasteiger partial charge in [-0.2, -0.15) is 0 Å². The van der Waals surface area contributed by atoms with Gasteiger partial charge in [0.1, 0.15) is 17.9 Å². The van der Waals surface area contributed by atoms with Crippen molar-refractivity contribution in [3.8, 4) is 5.75 Å². The van der Waals surface area contributed by atoms with E-state index >= 15 is 0 Å². The molecular weight excluding hydrogens is 440 g/mol. The number of hydrogen-bond donors (Lipinski definition) is 1. The van der Waals surface area contributed by atoms with Gasteiger partial charge in [0.05, 0.1) is 5.69 Å². The van der Waals surface area contributed by atoms with Crippen molar-refractivity contribution in [1.29, 1.82) is 0 Å². The molecule has 1 fully saturated rings. The molecular formula is C26H21ClN2O4. The van der Waals surface area contributed by atoms with E-state index in [0.29, 0.717) is 34.2 Å². The number of benzene rings is 3. The van der Waals surface area contributed by atoms with Gasteiger partial charge in [-0.3, -0.25) is 14.9 Å². The number of amides is 4. The van der Waals surface area contributed by atoms with Gasteiger partial charge in [0, 0.05) is 5.02 Å². The molecule has 1 saturated heterocycles. The maximum absolute atomic E-state index is 13.1. The molecule has 7 heteroatoms. The first kappa shape index (κ1) is 22.3. The number of hydrogen-bond acceptors (Lipinski definition) is 4. The summed E-state index contributed by atoms with van der Waals surface area (Å²) in [6.07, 6.45) is 1.45. The lowest BCUT2D eigenvalue weighted by atomic mass is 10.1. The largest absolute Gasteiger partial charge is 0.489 e. The van der Waals surface area contributed by atoms with Gasteiger partial charge >= 0.3 is 6.03 Å². The van der Waals surface area contributed by atoms with E-state index in [-0.39, 0.29) is 5.57 Å². The zero-order valence-electron chi connectivity index (χ0n) is 18.1. The number of barbiturate groups is 1. The average molecular weight is 461 g/mol. The van der Waals surface area contributed by atoms with Crippen molar-refractivity contribution in [2.75, 3.05) is 4.90 Å². The number of imide groups is 2. The first-order chi connectivity index (χ1) is 15.8. The number of nitrogens with one attached hydrogen (secondary N) is 1. The smallest absolute Gasteiger partial charge is 0.335 e. The van der Waals surface area contributed by atoms with Gasteiger partial charge in [0.15, 0.2) is 0 Å². The third-order valence-corrected chi connectivity index (χ3v) is 5.43. The molecule has 6 nitrogen and oxygen atoms in total. The molecule has 1 N–H and O–H groups in total. The van der Waals surface area contributed by atoms with Crippen molar-refractivity contribution in [3.05, 3.63) is 99.6 Å². The van der Waals surface area contributed by atoms with Crippen LogP contribution in [0.15, 0.2) is 72.3 Å². The van der Waals surface area contributed by atoms with E-state index in [0.717, 1.165) is 16.0 Å². The topological polar surface area (TPSA) is 75.7 Å². The van der Waals surface area contributed by atoms with Gasteiger partial charge in [-0.05, 0) is 60.9 Å². The van der Waals surface area contributed by atoms with Crippen LogP contribution in [0.1, 0.15) is 22.3 Å². The Morgan fingerprint density at radius 2 is 1.73 bits per heavy atom. The molecule has 0 saturated carbocycles. The molecule has 3 aromatic carbocycles. The minimum absolute atomic E-state index is 0.151. The van der Waals surface area contributed by atoms with E-state index in [4.69, 9.17) is 16.3 Å². The molecule has 4 amide bonds. The highest BCUT2D eigenvalue weighted by atomic mass is 35.5. The average Bonchev–Trinajstić information content (AvgIpc) is 2.78. The maximum atomic E-state index is 13.1. The molecule has 4 rings (SSSR count). The van der Waals surface area contributed by atoms with Gasteiger partial charge in [-0.15, -0.1) is 0 Å². The highest BCUT2D eigenvalue weighted by molar-refractivity contribution is 6.39. The predicted octanol–water partition coefficient (Wildman–Crippen LogP) is 5.20. The molecule has 1 aliphatic heterocycles. The number of aryl methyl sites for hydroxylation is 2. The minimum atomic E-state index is -0.813. The quantitative estimate of drug-likeness (QED) is 0.419. The van der Waals surface area contributed by atoms with Crippen molar-refractivity contribution in [2.24, 2.45) is 0 Å². The van der Waals surface area contributed by atoms with Crippen molar-refractivity contribution in [3.63, 3.8) is 0 Å². The lowest BCUT2D eigenvalue weighted by Crippen LogP contribution is -2.54. The summed E-state index contributed by atoms with van der Waals surface area (Å²) in [7, 11) is 0. The van der Waals surface area contributed by atoms with Crippen LogP contribution in [0.25, 0.3) is 6.08 Å². The highest BCUT2D eigenvalue weighted by Crippen LogP contribution is 2.28. The van der Waals surface area contributed by atoms with Gasteiger partial charge in [-0.25, -0.2) is 9.69 Å². The molecule has 3 aromatic rings. The van der Waals surface area contributed by atoms with Crippen molar-refractivity contribution >= 4 is 41.2 Å². The van der Waals surface area contributed by atoms with Gasteiger partial charge in [0.25, 0.3) is 11.8 Å². The summed E-state index contributed by atoms with van der Waals surface area (Å²) in [4.78, 5) is 38.8. The fourth-order valence-corrected chi connectivity index (χ4v) is 3.66. The summed E-state index contributed by atoms with van der Waals surface area (Å²) in [5.74, 6) is -0.806. The lowest BCUT2D eigenvalue weighted by molar-refractivity contribution is -0.122. The van der Waals surface area contributed by atoms with Crippen LogP contribution in [0.2, 0.25) is 5.02 Å². The molecule has 0 radical (unpaired) electrons. The van der Waals surface area contributed by atoms with Gasteiger partial charge in [0.2, 0.25) is 0 Å². The summed E-state index contributed by atoms with van der Waals surface area (Å²) in [6, 6.07) is 19.1. The van der Waals surface area contributed by atoms with Crippen molar-refractivity contribution < 1.29 is 19.1 Å². The number of ether oxygens (including phenoxy) is 1. The van der Waals surface area contributed by atoms with Crippen LogP contribution in [-0.2, 0) is 16.2 Å². The Hall–Kier alpha value is -3.90. The fourth-order valence-electron chi connectivity index (χ4n) is 3.50. The van der Waals surface area contributed by atoms with E-state index in [2.05, 4.69) is 11.4 Å². The number of nitrogens with zero attached hydrogens (tertiary/aromatic N) is 1. The van der Waals surface area contributed by atoms with E-state index < -0.39 is 17.8 Å². The molecule has 166 valence electrons. The van der Waals surface area contributed by atoms with Crippen LogP contribution in [0, 0.1) is 13.8 Å². The Morgan fingerprint density at radius 3 is 2.45 bits per heavy atom. The molecule has 0 spiro atoms.